The highest BCUT2D eigenvalue weighted by molar-refractivity contribution is 7.98. The molecule has 0 radical (unpaired) electrons. The van der Waals surface area contributed by atoms with Crippen LogP contribution in [-0.2, 0) is 0 Å². The first kappa shape index (κ1) is 15.3. The molecule has 1 heterocycles. The fourth-order valence-corrected chi connectivity index (χ4v) is 3.71. The summed E-state index contributed by atoms with van der Waals surface area (Å²) in [6.07, 6.45) is 5.97. The van der Waals surface area contributed by atoms with Crippen LogP contribution in [0.5, 0.6) is 0 Å². The minimum atomic E-state index is 0.359. The summed E-state index contributed by atoms with van der Waals surface area (Å²) in [4.78, 5) is 2.75. The predicted molar refractivity (Wildman–Crippen MR) is 79.9 cm³/mol. The van der Waals surface area contributed by atoms with Gasteiger partial charge in [-0.25, -0.2) is 0 Å². The molecular formula is C14H30N2S. The smallest absolute Gasteiger partial charge is 0.0304 e. The average Bonchev–Trinajstić information content (AvgIpc) is 2.37. The number of rotatable bonds is 6. The third-order valence-electron chi connectivity index (χ3n) is 4.48. The van der Waals surface area contributed by atoms with E-state index in [1.165, 1.54) is 31.6 Å². The summed E-state index contributed by atoms with van der Waals surface area (Å²) in [5, 5.41) is 3.78. The first-order chi connectivity index (χ1) is 8.12. The van der Waals surface area contributed by atoms with E-state index in [2.05, 4.69) is 44.2 Å². The van der Waals surface area contributed by atoms with E-state index >= 15 is 0 Å². The van der Waals surface area contributed by atoms with Crippen LogP contribution in [0.1, 0.15) is 47.0 Å². The summed E-state index contributed by atoms with van der Waals surface area (Å²) >= 11 is 1.98. The van der Waals surface area contributed by atoms with Gasteiger partial charge in [-0.2, -0.15) is 11.8 Å². The molecule has 2 unspecified atom stereocenters. The molecular weight excluding hydrogens is 228 g/mol. The monoisotopic (exact) mass is 258 g/mol. The lowest BCUT2D eigenvalue weighted by molar-refractivity contribution is 0.0504. The molecule has 1 aliphatic rings. The number of nitrogens with one attached hydrogen (secondary N) is 1. The van der Waals surface area contributed by atoms with Crippen LogP contribution in [0.4, 0.5) is 0 Å². The summed E-state index contributed by atoms with van der Waals surface area (Å²) in [7, 11) is 0. The van der Waals surface area contributed by atoms with E-state index < -0.39 is 0 Å². The van der Waals surface area contributed by atoms with Gasteiger partial charge in [-0.15, -0.1) is 0 Å². The number of thioether (sulfide) groups is 1. The average molecular weight is 258 g/mol. The molecule has 1 rings (SSSR count). The molecule has 1 saturated heterocycles. The van der Waals surface area contributed by atoms with Gasteiger partial charge in [0.2, 0.25) is 0 Å². The lowest BCUT2D eigenvalue weighted by Crippen LogP contribution is -2.65. The van der Waals surface area contributed by atoms with Gasteiger partial charge in [0.15, 0.2) is 0 Å². The first-order valence-corrected chi connectivity index (χ1v) is 8.51. The summed E-state index contributed by atoms with van der Waals surface area (Å²) < 4.78 is 0. The van der Waals surface area contributed by atoms with Crippen LogP contribution < -0.4 is 5.32 Å². The molecule has 0 aromatic carbocycles. The van der Waals surface area contributed by atoms with E-state index in [1.807, 2.05) is 11.8 Å². The second-order valence-corrected chi connectivity index (χ2v) is 6.32. The summed E-state index contributed by atoms with van der Waals surface area (Å²) in [5.41, 5.74) is 0.359. The van der Waals surface area contributed by atoms with Crippen LogP contribution in [-0.4, -0.2) is 47.6 Å². The SMILES string of the molecule is CCC(CSC)N1CC(CC)(CC)NCC1C. The topological polar surface area (TPSA) is 15.3 Å². The fourth-order valence-electron chi connectivity index (χ4n) is 2.90. The Kier molecular flexibility index (Phi) is 6.32. The lowest BCUT2D eigenvalue weighted by atomic mass is 9.88. The van der Waals surface area contributed by atoms with Crippen molar-refractivity contribution in [2.75, 3.05) is 25.1 Å². The van der Waals surface area contributed by atoms with Crippen molar-refractivity contribution in [1.29, 1.82) is 0 Å². The molecule has 17 heavy (non-hydrogen) atoms. The van der Waals surface area contributed by atoms with Crippen LogP contribution in [0.25, 0.3) is 0 Å². The quantitative estimate of drug-likeness (QED) is 0.788. The molecule has 0 amide bonds. The second kappa shape index (κ2) is 7.01. The molecule has 2 nitrogen and oxygen atoms in total. The molecule has 0 spiro atoms. The summed E-state index contributed by atoms with van der Waals surface area (Å²) in [6.45, 7) is 11.7. The highest BCUT2D eigenvalue weighted by Gasteiger charge is 2.37. The Morgan fingerprint density at radius 2 is 2.00 bits per heavy atom. The highest BCUT2D eigenvalue weighted by atomic mass is 32.2. The Labute approximate surface area is 112 Å². The van der Waals surface area contributed by atoms with Gasteiger partial charge in [0, 0.05) is 36.5 Å². The fraction of sp³-hybridized carbons (Fsp3) is 1.00. The third-order valence-corrected chi connectivity index (χ3v) is 5.19. The molecule has 0 aromatic heterocycles. The second-order valence-electron chi connectivity index (χ2n) is 5.41. The third kappa shape index (κ3) is 3.62. The number of hydrogen-bond donors (Lipinski definition) is 1. The zero-order valence-electron chi connectivity index (χ0n) is 12.3. The number of hydrogen-bond acceptors (Lipinski definition) is 3. The van der Waals surface area contributed by atoms with Gasteiger partial charge >= 0.3 is 0 Å². The van der Waals surface area contributed by atoms with Crippen molar-refractivity contribution in [2.24, 2.45) is 0 Å². The van der Waals surface area contributed by atoms with Crippen molar-refractivity contribution in [3.05, 3.63) is 0 Å². The Balaban J connectivity index is 2.73. The molecule has 102 valence electrons. The molecule has 0 aromatic rings. The minimum absolute atomic E-state index is 0.359. The summed E-state index contributed by atoms with van der Waals surface area (Å²) in [5.74, 6) is 1.27. The van der Waals surface area contributed by atoms with E-state index in [9.17, 15) is 0 Å². The van der Waals surface area contributed by atoms with E-state index in [4.69, 9.17) is 0 Å². The molecule has 0 aliphatic carbocycles. The normalized spacial score (nSPS) is 27.0. The van der Waals surface area contributed by atoms with Gasteiger partial charge in [-0.05, 0) is 32.4 Å². The van der Waals surface area contributed by atoms with Crippen LogP contribution in [0.2, 0.25) is 0 Å². The van der Waals surface area contributed by atoms with Crippen molar-refractivity contribution in [1.82, 2.24) is 10.2 Å². The van der Waals surface area contributed by atoms with Gasteiger partial charge in [0.05, 0.1) is 0 Å². The van der Waals surface area contributed by atoms with E-state index in [-0.39, 0.29) is 0 Å². The Morgan fingerprint density at radius 3 is 2.47 bits per heavy atom. The first-order valence-electron chi connectivity index (χ1n) is 7.12. The van der Waals surface area contributed by atoms with Crippen molar-refractivity contribution >= 4 is 11.8 Å². The van der Waals surface area contributed by atoms with E-state index in [0.717, 1.165) is 12.6 Å². The maximum absolute atomic E-state index is 3.78. The van der Waals surface area contributed by atoms with Gasteiger partial charge in [0.25, 0.3) is 0 Å². The number of nitrogens with zero attached hydrogens (tertiary/aromatic N) is 1. The van der Waals surface area contributed by atoms with Crippen LogP contribution in [0.3, 0.4) is 0 Å². The Bertz CT molecular complexity index is 216. The molecule has 3 heteroatoms. The molecule has 0 bridgehead atoms. The predicted octanol–water partition coefficient (Wildman–Crippen LogP) is 2.98. The van der Waals surface area contributed by atoms with Gasteiger partial charge in [-0.3, -0.25) is 4.90 Å². The van der Waals surface area contributed by atoms with Gasteiger partial charge in [-0.1, -0.05) is 20.8 Å². The molecule has 1 fully saturated rings. The van der Waals surface area contributed by atoms with E-state index in [1.54, 1.807) is 0 Å². The lowest BCUT2D eigenvalue weighted by Gasteiger charge is -2.49. The molecule has 1 aliphatic heterocycles. The Hall–Kier alpha value is 0.270. The van der Waals surface area contributed by atoms with Crippen molar-refractivity contribution in [2.45, 2.75) is 64.6 Å². The zero-order valence-corrected chi connectivity index (χ0v) is 13.1. The minimum Gasteiger partial charge on any atom is -0.308 e. The van der Waals surface area contributed by atoms with Crippen LogP contribution in [0.15, 0.2) is 0 Å². The van der Waals surface area contributed by atoms with Crippen molar-refractivity contribution < 1.29 is 0 Å². The van der Waals surface area contributed by atoms with Crippen molar-refractivity contribution in [3.63, 3.8) is 0 Å². The van der Waals surface area contributed by atoms with Gasteiger partial charge in [0.1, 0.15) is 0 Å². The zero-order chi connectivity index (χ0) is 12.9. The van der Waals surface area contributed by atoms with E-state index in [0.29, 0.717) is 11.6 Å². The van der Waals surface area contributed by atoms with Crippen molar-refractivity contribution in [3.8, 4) is 0 Å². The maximum Gasteiger partial charge on any atom is 0.0304 e. The summed E-state index contributed by atoms with van der Waals surface area (Å²) in [6, 6.07) is 1.43. The molecule has 0 saturated carbocycles. The Morgan fingerprint density at radius 1 is 1.35 bits per heavy atom. The standard InChI is InChI=1S/C14H30N2S/c1-6-13(10-17-5)16-11-14(7-2,8-3)15-9-12(16)4/h12-13,15H,6-11H2,1-5H3. The number of piperazine rings is 1. The van der Waals surface area contributed by atoms with Gasteiger partial charge < -0.3 is 5.32 Å². The maximum atomic E-state index is 3.78. The highest BCUT2D eigenvalue weighted by Crippen LogP contribution is 2.26. The molecule has 2 atom stereocenters. The largest absolute Gasteiger partial charge is 0.308 e. The van der Waals surface area contributed by atoms with Crippen LogP contribution in [0, 0.1) is 0 Å². The van der Waals surface area contributed by atoms with Crippen LogP contribution >= 0.6 is 11.8 Å². The molecule has 1 N–H and O–H groups in total.